The van der Waals surface area contributed by atoms with Gasteiger partial charge in [-0.3, -0.25) is 4.79 Å². The minimum absolute atomic E-state index is 0.0500. The van der Waals surface area contributed by atoms with Gasteiger partial charge in [0.2, 0.25) is 0 Å². The molecule has 3 rings (SSSR count). The van der Waals surface area contributed by atoms with E-state index >= 15 is 0 Å². The van der Waals surface area contributed by atoms with Gasteiger partial charge in [0.25, 0.3) is 5.91 Å². The van der Waals surface area contributed by atoms with Crippen LogP contribution in [0.3, 0.4) is 0 Å². The quantitative estimate of drug-likeness (QED) is 0.469. The molecule has 2 heterocycles. The molecule has 0 bridgehead atoms. The van der Waals surface area contributed by atoms with Gasteiger partial charge in [0, 0.05) is 16.5 Å². The molecule has 3 aromatic rings. The average molecular weight is 399 g/mol. The highest BCUT2D eigenvalue weighted by molar-refractivity contribution is 7.14. The van der Waals surface area contributed by atoms with Gasteiger partial charge in [-0.2, -0.15) is 5.26 Å². The molecule has 27 heavy (non-hydrogen) atoms. The van der Waals surface area contributed by atoms with E-state index in [1.807, 2.05) is 0 Å². The van der Waals surface area contributed by atoms with E-state index in [0.717, 1.165) is 0 Å². The molecule has 0 saturated carbocycles. The highest BCUT2D eigenvalue weighted by Crippen LogP contribution is 2.36. The second-order valence-corrected chi connectivity index (χ2v) is 6.62. The number of carbonyl (C=O) groups is 2. The van der Waals surface area contributed by atoms with Gasteiger partial charge in [0.1, 0.15) is 23.0 Å². The van der Waals surface area contributed by atoms with E-state index in [9.17, 15) is 20.0 Å². The van der Waals surface area contributed by atoms with Crippen molar-refractivity contribution in [2.24, 2.45) is 0 Å². The van der Waals surface area contributed by atoms with Crippen molar-refractivity contribution in [3.63, 3.8) is 0 Å². The number of hydrogen-bond donors (Lipinski definition) is 2. The van der Waals surface area contributed by atoms with E-state index in [0.29, 0.717) is 21.2 Å². The minimum Gasteiger partial charge on any atom is -0.478 e. The van der Waals surface area contributed by atoms with Crippen molar-refractivity contribution < 1.29 is 19.1 Å². The fourth-order valence-corrected chi connectivity index (χ4v) is 3.46. The summed E-state index contributed by atoms with van der Waals surface area (Å²) in [5.74, 6) is -1.57. The Bertz CT molecular complexity index is 1060. The summed E-state index contributed by atoms with van der Waals surface area (Å²) in [6, 6.07) is 11.7. The SMILES string of the molecule is N#C/C(=C\c1ccco1)C(=O)Nc1csc(-c2ccc(Cl)cc2)c1C(=O)O. The van der Waals surface area contributed by atoms with Crippen LogP contribution in [0.15, 0.2) is 58.0 Å². The number of thiophene rings is 1. The molecule has 2 aromatic heterocycles. The van der Waals surface area contributed by atoms with Gasteiger partial charge in [-0.15, -0.1) is 11.3 Å². The molecule has 0 aliphatic heterocycles. The van der Waals surface area contributed by atoms with Gasteiger partial charge in [-0.25, -0.2) is 4.79 Å². The lowest BCUT2D eigenvalue weighted by atomic mass is 10.1. The maximum atomic E-state index is 12.4. The molecule has 0 unspecified atom stereocenters. The predicted octanol–water partition coefficient (Wildman–Crippen LogP) is 4.91. The van der Waals surface area contributed by atoms with Crippen LogP contribution >= 0.6 is 22.9 Å². The molecule has 0 fully saturated rings. The summed E-state index contributed by atoms with van der Waals surface area (Å²) >= 11 is 7.04. The fraction of sp³-hybridized carbons (Fsp3) is 0. The summed E-state index contributed by atoms with van der Waals surface area (Å²) in [6.45, 7) is 0. The molecular weight excluding hydrogens is 388 g/mol. The molecule has 0 atom stereocenters. The van der Waals surface area contributed by atoms with Crippen LogP contribution in [0.1, 0.15) is 16.1 Å². The zero-order valence-electron chi connectivity index (χ0n) is 13.6. The second-order valence-electron chi connectivity index (χ2n) is 5.30. The zero-order valence-corrected chi connectivity index (χ0v) is 15.2. The van der Waals surface area contributed by atoms with Gasteiger partial charge in [0.05, 0.1) is 16.8 Å². The molecule has 0 saturated heterocycles. The van der Waals surface area contributed by atoms with Crippen molar-refractivity contribution in [3.8, 4) is 16.5 Å². The number of halogens is 1. The van der Waals surface area contributed by atoms with Crippen LogP contribution in [-0.4, -0.2) is 17.0 Å². The van der Waals surface area contributed by atoms with E-state index in [1.54, 1.807) is 42.5 Å². The van der Waals surface area contributed by atoms with Crippen LogP contribution in [0.4, 0.5) is 5.69 Å². The summed E-state index contributed by atoms with van der Waals surface area (Å²) in [5.41, 5.74) is 0.517. The molecule has 0 aliphatic rings. The van der Waals surface area contributed by atoms with Crippen LogP contribution < -0.4 is 5.32 Å². The molecular formula is C19H11ClN2O4S. The predicted molar refractivity (Wildman–Crippen MR) is 103 cm³/mol. The number of nitriles is 1. The summed E-state index contributed by atoms with van der Waals surface area (Å²) < 4.78 is 5.09. The maximum Gasteiger partial charge on any atom is 0.339 e. The van der Waals surface area contributed by atoms with Gasteiger partial charge in [-0.1, -0.05) is 23.7 Å². The number of carbonyl (C=O) groups excluding carboxylic acids is 1. The number of aromatic carboxylic acids is 1. The van der Waals surface area contributed by atoms with Crippen molar-refractivity contribution in [2.45, 2.75) is 0 Å². The normalized spacial score (nSPS) is 11.0. The van der Waals surface area contributed by atoms with Gasteiger partial charge in [0.15, 0.2) is 0 Å². The van der Waals surface area contributed by atoms with Crippen LogP contribution in [0.25, 0.3) is 16.5 Å². The molecule has 1 aromatic carbocycles. The third kappa shape index (κ3) is 4.08. The Morgan fingerprint density at radius 2 is 2.00 bits per heavy atom. The number of carboxylic acids is 1. The van der Waals surface area contributed by atoms with Crippen molar-refractivity contribution in [2.75, 3.05) is 5.32 Å². The molecule has 134 valence electrons. The lowest BCUT2D eigenvalue weighted by molar-refractivity contribution is -0.112. The molecule has 8 heteroatoms. The average Bonchev–Trinajstić information content (AvgIpc) is 3.30. The first-order valence-electron chi connectivity index (χ1n) is 7.57. The van der Waals surface area contributed by atoms with Crippen LogP contribution in [-0.2, 0) is 4.79 Å². The van der Waals surface area contributed by atoms with E-state index in [2.05, 4.69) is 5.32 Å². The first-order valence-corrected chi connectivity index (χ1v) is 8.82. The first-order chi connectivity index (χ1) is 13.0. The van der Waals surface area contributed by atoms with Crippen molar-refractivity contribution in [3.05, 3.63) is 70.0 Å². The van der Waals surface area contributed by atoms with Crippen molar-refractivity contribution in [1.82, 2.24) is 0 Å². The molecule has 0 radical (unpaired) electrons. The number of rotatable bonds is 5. The third-order valence-electron chi connectivity index (χ3n) is 3.55. The maximum absolute atomic E-state index is 12.4. The molecule has 6 nitrogen and oxygen atoms in total. The Morgan fingerprint density at radius 3 is 2.59 bits per heavy atom. The second kappa shape index (κ2) is 7.91. The summed E-state index contributed by atoms with van der Waals surface area (Å²) in [6.07, 6.45) is 2.70. The van der Waals surface area contributed by atoms with Crippen LogP contribution in [0.2, 0.25) is 5.02 Å². The number of furan rings is 1. The molecule has 2 N–H and O–H groups in total. The zero-order chi connectivity index (χ0) is 19.4. The number of nitrogens with zero attached hydrogens (tertiary/aromatic N) is 1. The van der Waals surface area contributed by atoms with E-state index < -0.39 is 11.9 Å². The third-order valence-corrected chi connectivity index (χ3v) is 4.84. The summed E-state index contributed by atoms with van der Waals surface area (Å²) in [5, 5.41) is 23.4. The molecule has 1 amide bonds. The number of benzene rings is 1. The lowest BCUT2D eigenvalue weighted by Gasteiger charge is -2.05. The van der Waals surface area contributed by atoms with Gasteiger partial charge >= 0.3 is 5.97 Å². The van der Waals surface area contributed by atoms with E-state index in [4.69, 9.17) is 16.0 Å². The van der Waals surface area contributed by atoms with Crippen molar-refractivity contribution in [1.29, 1.82) is 5.26 Å². The molecule has 0 spiro atoms. The topological polar surface area (TPSA) is 103 Å². The highest BCUT2D eigenvalue weighted by Gasteiger charge is 2.22. The lowest BCUT2D eigenvalue weighted by Crippen LogP contribution is -2.15. The Morgan fingerprint density at radius 1 is 1.26 bits per heavy atom. The largest absolute Gasteiger partial charge is 0.478 e. The smallest absolute Gasteiger partial charge is 0.339 e. The van der Waals surface area contributed by atoms with E-state index in [-0.39, 0.29) is 16.8 Å². The standard InChI is InChI=1S/C19H11ClN2O4S/c20-13-5-3-11(4-6-13)17-16(19(24)25)15(10-27-17)22-18(23)12(9-21)8-14-2-1-7-26-14/h1-8,10H,(H,22,23)(H,24,25)/b12-8+. The van der Waals surface area contributed by atoms with Crippen molar-refractivity contribution >= 4 is 46.6 Å². The number of nitrogens with one attached hydrogen (secondary N) is 1. The molecule has 0 aliphatic carbocycles. The number of hydrogen-bond acceptors (Lipinski definition) is 5. The monoisotopic (exact) mass is 398 g/mol. The number of anilines is 1. The van der Waals surface area contributed by atoms with Crippen LogP contribution in [0.5, 0.6) is 0 Å². The Balaban J connectivity index is 1.93. The summed E-state index contributed by atoms with van der Waals surface area (Å²) in [7, 11) is 0. The Labute approximate surface area is 162 Å². The van der Waals surface area contributed by atoms with Gasteiger partial charge in [-0.05, 0) is 29.8 Å². The minimum atomic E-state index is -1.19. The fourth-order valence-electron chi connectivity index (χ4n) is 2.33. The first kappa shape index (κ1) is 18.5. The van der Waals surface area contributed by atoms with E-state index in [1.165, 1.54) is 29.1 Å². The number of carboxylic acid groups (broad SMARTS) is 1. The summed E-state index contributed by atoms with van der Waals surface area (Å²) in [4.78, 5) is 24.6. The Kier molecular flexibility index (Phi) is 5.41. The number of amides is 1. The van der Waals surface area contributed by atoms with Gasteiger partial charge < -0.3 is 14.8 Å². The van der Waals surface area contributed by atoms with Crippen LogP contribution in [0, 0.1) is 11.3 Å². The Hall–Kier alpha value is -3.34. The highest BCUT2D eigenvalue weighted by atomic mass is 35.5.